The Balaban J connectivity index is 1.80. The average Bonchev–Trinajstić information content (AvgIpc) is 3.13. The maximum atomic E-state index is 13.2. The molecule has 0 radical (unpaired) electrons. The van der Waals surface area contributed by atoms with Crippen LogP contribution in [0.3, 0.4) is 0 Å². The number of carbonyl (C=O) groups excluding carboxylic acids is 2. The van der Waals surface area contributed by atoms with Gasteiger partial charge in [0.15, 0.2) is 0 Å². The highest BCUT2D eigenvalue weighted by Crippen LogP contribution is 2.42. The molecule has 4 rings (SSSR count). The van der Waals surface area contributed by atoms with Gasteiger partial charge in [0.25, 0.3) is 11.7 Å². The predicted octanol–water partition coefficient (Wildman–Crippen LogP) is 5.70. The number of nitrogens with zero attached hydrogens (tertiary/aromatic N) is 2. The number of anilines is 1. The third kappa shape index (κ3) is 5.42. The Hall–Kier alpha value is -4.34. The molecular weight excluding hydrogens is 489 g/mol. The van der Waals surface area contributed by atoms with E-state index in [-0.39, 0.29) is 17.0 Å². The Morgan fingerprint density at radius 2 is 1.73 bits per heavy atom. The fourth-order valence-electron chi connectivity index (χ4n) is 4.09. The predicted molar refractivity (Wildman–Crippen MR) is 129 cm³/mol. The second-order valence-corrected chi connectivity index (χ2v) is 8.32. The minimum atomic E-state index is -4.88. The van der Waals surface area contributed by atoms with Gasteiger partial charge >= 0.3 is 6.36 Å². The number of hydrogen-bond donors (Lipinski definition) is 1. The molecule has 192 valence electrons. The minimum absolute atomic E-state index is 0.150. The van der Waals surface area contributed by atoms with Crippen LogP contribution in [0.15, 0.2) is 72.6 Å². The van der Waals surface area contributed by atoms with Crippen molar-refractivity contribution in [2.45, 2.75) is 32.7 Å². The van der Waals surface area contributed by atoms with Crippen LogP contribution in [0, 0.1) is 6.92 Å². The summed E-state index contributed by atoms with van der Waals surface area (Å²) in [5, 5.41) is 11.2. The van der Waals surface area contributed by atoms with Crippen LogP contribution in [0.2, 0.25) is 0 Å². The normalized spacial score (nSPS) is 17.2. The number of pyridine rings is 1. The molecule has 1 atom stereocenters. The molecule has 1 fully saturated rings. The summed E-state index contributed by atoms with van der Waals surface area (Å²) in [6, 6.07) is 11.6. The molecule has 0 aliphatic carbocycles. The maximum absolute atomic E-state index is 13.2. The summed E-state index contributed by atoms with van der Waals surface area (Å²) in [5.74, 6) is -2.10. The number of aliphatic hydroxyl groups excluding tert-OH is 1. The summed E-state index contributed by atoms with van der Waals surface area (Å²) in [5.41, 5.74) is 1.51. The highest BCUT2D eigenvalue weighted by atomic mass is 19.4. The minimum Gasteiger partial charge on any atom is -0.507 e. The third-order valence-corrected chi connectivity index (χ3v) is 5.72. The van der Waals surface area contributed by atoms with E-state index in [0.717, 1.165) is 29.0 Å². The second-order valence-electron chi connectivity index (χ2n) is 8.32. The van der Waals surface area contributed by atoms with Crippen molar-refractivity contribution in [1.29, 1.82) is 0 Å². The fourth-order valence-corrected chi connectivity index (χ4v) is 4.09. The van der Waals surface area contributed by atoms with Crippen LogP contribution in [-0.4, -0.2) is 34.8 Å². The van der Waals surface area contributed by atoms with Crippen molar-refractivity contribution >= 4 is 23.1 Å². The van der Waals surface area contributed by atoms with Gasteiger partial charge in [-0.05, 0) is 79.1 Å². The van der Waals surface area contributed by atoms with E-state index in [0.29, 0.717) is 23.5 Å². The van der Waals surface area contributed by atoms with Gasteiger partial charge in [0.1, 0.15) is 17.3 Å². The molecular formula is C27H23F3N2O5. The van der Waals surface area contributed by atoms with Gasteiger partial charge in [0.2, 0.25) is 0 Å². The molecule has 2 heterocycles. The number of alkyl halides is 3. The van der Waals surface area contributed by atoms with Crippen LogP contribution >= 0.6 is 0 Å². The van der Waals surface area contributed by atoms with Gasteiger partial charge in [0.05, 0.1) is 18.2 Å². The van der Waals surface area contributed by atoms with Gasteiger partial charge in [-0.3, -0.25) is 19.5 Å². The quantitative estimate of drug-likeness (QED) is 0.248. The molecule has 3 aromatic rings. The van der Waals surface area contributed by atoms with E-state index >= 15 is 0 Å². The Morgan fingerprint density at radius 3 is 2.32 bits per heavy atom. The topological polar surface area (TPSA) is 89.0 Å². The molecule has 7 nitrogen and oxygen atoms in total. The summed E-state index contributed by atoms with van der Waals surface area (Å²) in [6.45, 7) is 4.29. The van der Waals surface area contributed by atoms with Crippen LogP contribution in [0.4, 0.5) is 18.9 Å². The first-order valence-electron chi connectivity index (χ1n) is 11.4. The molecule has 0 saturated carbocycles. The summed E-state index contributed by atoms with van der Waals surface area (Å²) >= 11 is 0. The Morgan fingerprint density at radius 1 is 1.05 bits per heavy atom. The number of ketones is 1. The molecule has 1 aliphatic heterocycles. The number of aliphatic hydroxyl groups is 1. The van der Waals surface area contributed by atoms with Crippen molar-refractivity contribution in [3.05, 3.63) is 89.3 Å². The number of Topliss-reactive ketones (excluding diaryl/α,β-unsaturated/α-hetero) is 1. The molecule has 37 heavy (non-hydrogen) atoms. The van der Waals surface area contributed by atoms with Gasteiger partial charge in [-0.1, -0.05) is 6.92 Å². The van der Waals surface area contributed by atoms with Crippen LogP contribution in [0.5, 0.6) is 11.5 Å². The number of halogens is 3. The molecule has 0 spiro atoms. The summed E-state index contributed by atoms with van der Waals surface area (Å²) in [4.78, 5) is 31.5. The maximum Gasteiger partial charge on any atom is 0.573 e. The zero-order valence-corrected chi connectivity index (χ0v) is 20.0. The van der Waals surface area contributed by atoms with E-state index in [1.54, 1.807) is 37.3 Å². The standard InChI is InChI=1S/C27H23F3N2O5/c1-3-14-36-21-9-4-18(15-16(21)2)24(33)22-23(17-10-12-31-13-11-17)32(26(35)25(22)34)19-5-7-20(8-6-19)37-27(28,29)30/h4-13,15,23,33H,3,14H2,1-2H3/b24-22-. The first-order chi connectivity index (χ1) is 17.6. The van der Waals surface area contributed by atoms with E-state index in [4.69, 9.17) is 4.74 Å². The number of benzene rings is 2. The molecule has 1 aromatic heterocycles. The largest absolute Gasteiger partial charge is 0.573 e. The van der Waals surface area contributed by atoms with E-state index in [1.165, 1.54) is 24.5 Å². The lowest BCUT2D eigenvalue weighted by atomic mass is 9.95. The first kappa shape index (κ1) is 25.7. The number of ether oxygens (including phenoxy) is 2. The van der Waals surface area contributed by atoms with Crippen LogP contribution in [0.25, 0.3) is 5.76 Å². The molecule has 1 unspecified atom stereocenters. The van der Waals surface area contributed by atoms with Crippen LogP contribution < -0.4 is 14.4 Å². The number of aromatic nitrogens is 1. The van der Waals surface area contributed by atoms with E-state index in [9.17, 15) is 27.9 Å². The Kier molecular flexibility index (Phi) is 7.19. The van der Waals surface area contributed by atoms with E-state index in [1.807, 2.05) is 6.92 Å². The second kappa shape index (κ2) is 10.3. The number of hydrogen-bond acceptors (Lipinski definition) is 6. The summed E-state index contributed by atoms with van der Waals surface area (Å²) < 4.78 is 47.3. The van der Waals surface area contributed by atoms with Crippen molar-refractivity contribution in [3.8, 4) is 11.5 Å². The Bertz CT molecular complexity index is 1340. The summed E-state index contributed by atoms with van der Waals surface area (Å²) in [7, 11) is 0. The number of rotatable bonds is 7. The zero-order chi connectivity index (χ0) is 26.7. The van der Waals surface area contributed by atoms with Gasteiger partial charge in [0, 0.05) is 23.6 Å². The van der Waals surface area contributed by atoms with Gasteiger partial charge < -0.3 is 14.6 Å². The highest BCUT2D eigenvalue weighted by molar-refractivity contribution is 6.51. The molecule has 1 N–H and O–H groups in total. The van der Waals surface area contributed by atoms with Crippen LogP contribution in [0.1, 0.15) is 36.1 Å². The van der Waals surface area contributed by atoms with Crippen molar-refractivity contribution in [2.24, 2.45) is 0 Å². The fraction of sp³-hybridized carbons (Fsp3) is 0.222. The van der Waals surface area contributed by atoms with Gasteiger partial charge in [-0.25, -0.2) is 0 Å². The zero-order valence-electron chi connectivity index (χ0n) is 20.0. The molecule has 1 saturated heterocycles. The van der Waals surface area contributed by atoms with Crippen molar-refractivity contribution in [3.63, 3.8) is 0 Å². The van der Waals surface area contributed by atoms with E-state index in [2.05, 4.69) is 9.72 Å². The van der Waals surface area contributed by atoms with Crippen molar-refractivity contribution in [2.75, 3.05) is 11.5 Å². The lowest BCUT2D eigenvalue weighted by molar-refractivity contribution is -0.274. The number of aryl methyl sites for hydroxylation is 1. The molecule has 0 bridgehead atoms. The third-order valence-electron chi connectivity index (χ3n) is 5.72. The highest BCUT2D eigenvalue weighted by Gasteiger charge is 2.47. The number of carbonyl (C=O) groups is 2. The lowest BCUT2D eigenvalue weighted by Crippen LogP contribution is -2.29. The van der Waals surface area contributed by atoms with Crippen molar-refractivity contribution < 1.29 is 37.3 Å². The molecule has 10 heteroatoms. The monoisotopic (exact) mass is 512 g/mol. The van der Waals surface area contributed by atoms with Crippen molar-refractivity contribution in [1.82, 2.24) is 4.98 Å². The molecule has 2 aromatic carbocycles. The smallest absolute Gasteiger partial charge is 0.507 e. The lowest BCUT2D eigenvalue weighted by Gasteiger charge is -2.25. The first-order valence-corrected chi connectivity index (χ1v) is 11.4. The molecule has 1 aliphatic rings. The number of amides is 1. The Labute approximate surface area is 210 Å². The van der Waals surface area contributed by atoms with Crippen LogP contribution in [-0.2, 0) is 9.59 Å². The SMILES string of the molecule is CCCOc1ccc(/C(O)=C2/C(=O)C(=O)N(c3ccc(OC(F)(F)F)cc3)C2c2ccncc2)cc1C. The molecule has 1 amide bonds. The summed E-state index contributed by atoms with van der Waals surface area (Å²) in [6.07, 6.45) is -1.11. The van der Waals surface area contributed by atoms with Gasteiger partial charge in [-0.15, -0.1) is 13.2 Å². The van der Waals surface area contributed by atoms with E-state index < -0.39 is 29.8 Å². The van der Waals surface area contributed by atoms with Gasteiger partial charge in [-0.2, -0.15) is 0 Å². The average molecular weight is 512 g/mol.